The SMILES string of the molecule is CCCCCCCC(O)c1nc2ccccc2nc1/C=C/[C@H]1OC(C)(C)O[C@H]1CCCC(=O)OC. The summed E-state index contributed by atoms with van der Waals surface area (Å²) >= 11 is 0. The number of carbonyl (C=O) groups excluding carboxylic acids is 1. The van der Waals surface area contributed by atoms with Gasteiger partial charge in [-0.15, -0.1) is 0 Å². The van der Waals surface area contributed by atoms with Crippen LogP contribution < -0.4 is 0 Å². The van der Waals surface area contributed by atoms with Crippen LogP contribution in [-0.2, 0) is 19.0 Å². The number of methoxy groups -OCH3 is 1. The van der Waals surface area contributed by atoms with E-state index in [0.29, 0.717) is 37.1 Å². The number of aliphatic hydroxyl groups is 1. The van der Waals surface area contributed by atoms with Crippen LogP contribution >= 0.6 is 0 Å². The Hall–Kier alpha value is -2.35. The molecule has 0 aliphatic carbocycles. The van der Waals surface area contributed by atoms with Crippen molar-refractivity contribution in [2.75, 3.05) is 7.11 Å². The molecule has 3 atom stereocenters. The molecule has 1 saturated heterocycles. The van der Waals surface area contributed by atoms with Crippen LogP contribution in [0.4, 0.5) is 0 Å². The van der Waals surface area contributed by atoms with Crippen LogP contribution in [-0.4, -0.2) is 46.1 Å². The summed E-state index contributed by atoms with van der Waals surface area (Å²) in [5, 5.41) is 11.0. The zero-order valence-corrected chi connectivity index (χ0v) is 21.5. The molecule has 2 aromatic rings. The van der Waals surface area contributed by atoms with Gasteiger partial charge in [0.1, 0.15) is 6.10 Å². The minimum Gasteiger partial charge on any atom is -0.469 e. The van der Waals surface area contributed by atoms with E-state index in [4.69, 9.17) is 24.2 Å². The number of nitrogens with zero attached hydrogens (tertiary/aromatic N) is 2. The molecule has 0 saturated carbocycles. The van der Waals surface area contributed by atoms with Gasteiger partial charge in [-0.25, -0.2) is 9.97 Å². The molecular formula is C28H40N2O5. The summed E-state index contributed by atoms with van der Waals surface area (Å²) in [5.74, 6) is -0.948. The lowest BCUT2D eigenvalue weighted by Gasteiger charge is -2.16. The van der Waals surface area contributed by atoms with Crippen LogP contribution in [0.3, 0.4) is 0 Å². The molecule has 0 spiro atoms. The van der Waals surface area contributed by atoms with Gasteiger partial charge in [-0.1, -0.05) is 57.2 Å². The van der Waals surface area contributed by atoms with Gasteiger partial charge in [-0.05, 0) is 51.3 Å². The van der Waals surface area contributed by atoms with E-state index in [1.54, 1.807) is 0 Å². The number of unbranched alkanes of at least 4 members (excludes halogenated alkanes) is 4. The van der Waals surface area contributed by atoms with Gasteiger partial charge in [0.25, 0.3) is 0 Å². The number of carbonyl (C=O) groups is 1. The Kier molecular flexibility index (Phi) is 10.2. The maximum Gasteiger partial charge on any atom is 0.305 e. The number of hydrogen-bond acceptors (Lipinski definition) is 7. The molecule has 1 aromatic carbocycles. The average Bonchev–Trinajstić information content (AvgIpc) is 3.14. The highest BCUT2D eigenvalue weighted by molar-refractivity contribution is 5.75. The van der Waals surface area contributed by atoms with Crippen LogP contribution in [0.5, 0.6) is 0 Å². The summed E-state index contributed by atoms with van der Waals surface area (Å²) < 4.78 is 17.0. The number of fused-ring (bicyclic) bond motifs is 1. The molecule has 0 bridgehead atoms. The molecule has 192 valence electrons. The van der Waals surface area contributed by atoms with Gasteiger partial charge >= 0.3 is 5.97 Å². The third-order valence-electron chi connectivity index (χ3n) is 6.29. The van der Waals surface area contributed by atoms with Crippen molar-refractivity contribution in [2.45, 2.75) is 103 Å². The summed E-state index contributed by atoms with van der Waals surface area (Å²) in [6.07, 6.45) is 10.6. The second kappa shape index (κ2) is 13.1. The lowest BCUT2D eigenvalue weighted by molar-refractivity contribution is -0.144. The first kappa shape index (κ1) is 27.2. The predicted octanol–water partition coefficient (Wildman–Crippen LogP) is 5.90. The van der Waals surface area contributed by atoms with Crippen molar-refractivity contribution in [3.8, 4) is 0 Å². The second-order valence-corrected chi connectivity index (χ2v) is 9.67. The lowest BCUT2D eigenvalue weighted by Crippen LogP contribution is -2.21. The Morgan fingerprint density at radius 3 is 2.54 bits per heavy atom. The van der Waals surface area contributed by atoms with E-state index in [1.165, 1.54) is 26.4 Å². The first-order chi connectivity index (χ1) is 16.8. The Morgan fingerprint density at radius 2 is 1.83 bits per heavy atom. The number of esters is 1. The normalized spacial score (nSPS) is 20.5. The zero-order valence-electron chi connectivity index (χ0n) is 21.5. The number of rotatable bonds is 13. The van der Waals surface area contributed by atoms with Gasteiger partial charge in [0.15, 0.2) is 5.79 Å². The van der Waals surface area contributed by atoms with Crippen molar-refractivity contribution in [3.63, 3.8) is 0 Å². The summed E-state index contributed by atoms with van der Waals surface area (Å²) in [7, 11) is 1.40. The summed E-state index contributed by atoms with van der Waals surface area (Å²) in [6, 6.07) is 7.70. The van der Waals surface area contributed by atoms with Crippen molar-refractivity contribution >= 4 is 23.1 Å². The van der Waals surface area contributed by atoms with Gasteiger partial charge < -0.3 is 19.3 Å². The number of hydrogen-bond donors (Lipinski definition) is 1. The van der Waals surface area contributed by atoms with Gasteiger partial charge in [0.2, 0.25) is 0 Å². The first-order valence-corrected chi connectivity index (χ1v) is 12.9. The van der Waals surface area contributed by atoms with E-state index in [2.05, 4.69) is 6.92 Å². The maximum atomic E-state index is 11.5. The van der Waals surface area contributed by atoms with Crippen molar-refractivity contribution < 1.29 is 24.1 Å². The molecule has 1 aromatic heterocycles. The molecule has 1 unspecified atom stereocenters. The molecule has 35 heavy (non-hydrogen) atoms. The molecule has 7 heteroatoms. The average molecular weight is 485 g/mol. The van der Waals surface area contributed by atoms with Crippen LogP contribution in [0.15, 0.2) is 30.3 Å². The third kappa shape index (κ3) is 8.09. The molecule has 0 radical (unpaired) electrons. The molecule has 3 rings (SSSR count). The quantitative estimate of drug-likeness (QED) is 0.279. The number of benzene rings is 1. The summed E-state index contributed by atoms with van der Waals surface area (Å²) in [5.41, 5.74) is 2.79. The van der Waals surface area contributed by atoms with Crippen LogP contribution in [0, 0.1) is 0 Å². The number of ether oxygens (including phenoxy) is 3. The Morgan fingerprint density at radius 1 is 1.11 bits per heavy atom. The van der Waals surface area contributed by atoms with Crippen molar-refractivity contribution in [1.82, 2.24) is 9.97 Å². The van der Waals surface area contributed by atoms with Gasteiger partial charge in [-0.2, -0.15) is 0 Å². The van der Waals surface area contributed by atoms with Crippen LogP contribution in [0.2, 0.25) is 0 Å². The predicted molar refractivity (Wildman–Crippen MR) is 137 cm³/mol. The fourth-order valence-electron chi connectivity index (χ4n) is 4.46. The minimum atomic E-state index is -0.721. The highest BCUT2D eigenvalue weighted by atomic mass is 16.7. The Labute approximate surface area is 208 Å². The van der Waals surface area contributed by atoms with Crippen LogP contribution in [0.1, 0.15) is 96.1 Å². The van der Waals surface area contributed by atoms with Gasteiger partial charge in [0.05, 0.1) is 41.7 Å². The molecule has 7 nitrogen and oxygen atoms in total. The van der Waals surface area contributed by atoms with E-state index in [9.17, 15) is 9.90 Å². The first-order valence-electron chi connectivity index (χ1n) is 12.9. The molecule has 2 heterocycles. The molecular weight excluding hydrogens is 444 g/mol. The van der Waals surface area contributed by atoms with Gasteiger partial charge in [-0.3, -0.25) is 4.79 Å². The number of para-hydroxylation sites is 2. The molecule has 0 amide bonds. The van der Waals surface area contributed by atoms with Crippen molar-refractivity contribution in [3.05, 3.63) is 41.7 Å². The Balaban J connectivity index is 1.77. The van der Waals surface area contributed by atoms with E-state index in [0.717, 1.165) is 23.9 Å². The molecule has 1 N–H and O–H groups in total. The molecule has 1 fully saturated rings. The molecule has 1 aliphatic rings. The lowest BCUT2D eigenvalue weighted by atomic mass is 10.0. The monoisotopic (exact) mass is 484 g/mol. The zero-order chi connectivity index (χ0) is 25.3. The largest absolute Gasteiger partial charge is 0.469 e. The summed E-state index contributed by atoms with van der Waals surface area (Å²) in [4.78, 5) is 21.1. The topological polar surface area (TPSA) is 90.8 Å². The van der Waals surface area contributed by atoms with Crippen molar-refractivity contribution in [2.24, 2.45) is 0 Å². The summed E-state index contributed by atoms with van der Waals surface area (Å²) in [6.45, 7) is 5.97. The fourth-order valence-corrected chi connectivity index (χ4v) is 4.46. The maximum absolute atomic E-state index is 11.5. The minimum absolute atomic E-state index is 0.189. The highest BCUT2D eigenvalue weighted by Crippen LogP contribution is 2.32. The second-order valence-electron chi connectivity index (χ2n) is 9.67. The highest BCUT2D eigenvalue weighted by Gasteiger charge is 2.39. The number of aliphatic hydroxyl groups excluding tert-OH is 1. The van der Waals surface area contributed by atoms with Crippen molar-refractivity contribution in [1.29, 1.82) is 0 Å². The number of aromatic nitrogens is 2. The van der Waals surface area contributed by atoms with E-state index in [-0.39, 0.29) is 18.2 Å². The molecule has 1 aliphatic heterocycles. The standard InChI is InChI=1S/C28H40N2O5/c1-5-6-7-8-9-15-23(31)27-22(29-20-13-10-11-14-21(20)30-27)18-19-25-24(34-28(2,3)35-25)16-12-17-26(32)33-4/h10-11,13-14,18-19,23-25,31H,5-9,12,15-17H2,1-4H3/b19-18+/t23?,24-,25+/m0/s1. The van der Waals surface area contributed by atoms with E-state index >= 15 is 0 Å². The van der Waals surface area contributed by atoms with Gasteiger partial charge in [0, 0.05) is 6.42 Å². The third-order valence-corrected chi connectivity index (χ3v) is 6.29. The smallest absolute Gasteiger partial charge is 0.305 e. The fraction of sp³-hybridized carbons (Fsp3) is 0.607. The van der Waals surface area contributed by atoms with Crippen LogP contribution in [0.25, 0.3) is 17.1 Å². The van der Waals surface area contributed by atoms with E-state index < -0.39 is 11.9 Å². The van der Waals surface area contributed by atoms with E-state index in [1.807, 2.05) is 50.3 Å². The Bertz CT molecular complexity index is 990.